The molecule has 2 N–H and O–H groups in total. The monoisotopic (exact) mass is 378 g/mol. The quantitative estimate of drug-likeness (QED) is 0.488. The number of aromatic nitrogens is 3. The van der Waals surface area contributed by atoms with Crippen molar-refractivity contribution >= 4 is 5.96 Å². The summed E-state index contributed by atoms with van der Waals surface area (Å²) in [5, 5.41) is 18.1. The normalized spacial score (nSPS) is 12.6. The Morgan fingerprint density at radius 3 is 2.68 bits per heavy atom. The van der Waals surface area contributed by atoms with E-state index in [0.717, 1.165) is 29.3 Å². The molecule has 0 aliphatic rings. The van der Waals surface area contributed by atoms with Crippen molar-refractivity contribution in [1.82, 2.24) is 25.0 Å². The van der Waals surface area contributed by atoms with E-state index in [1.165, 1.54) is 0 Å². The molecule has 146 valence electrons. The van der Waals surface area contributed by atoms with Crippen LogP contribution in [0.3, 0.4) is 0 Å². The molecule has 7 heteroatoms. The Labute approximate surface area is 165 Å². The van der Waals surface area contributed by atoms with Gasteiger partial charge in [-0.25, -0.2) is 4.68 Å². The first-order chi connectivity index (χ1) is 13.7. The molecule has 0 bridgehead atoms. The number of nitrogens with zero attached hydrogens (tertiary/aromatic N) is 5. The maximum Gasteiger partial charge on any atom is 0.194 e. The zero-order valence-electron chi connectivity index (χ0n) is 16.2. The lowest BCUT2D eigenvalue weighted by Crippen LogP contribution is -2.38. The smallest absolute Gasteiger partial charge is 0.194 e. The van der Waals surface area contributed by atoms with Crippen LogP contribution in [0.25, 0.3) is 5.69 Å². The molecule has 0 saturated carbocycles. The van der Waals surface area contributed by atoms with Crippen molar-refractivity contribution in [2.24, 2.45) is 4.99 Å². The van der Waals surface area contributed by atoms with Gasteiger partial charge in [-0.05, 0) is 36.8 Å². The fourth-order valence-corrected chi connectivity index (χ4v) is 2.85. The van der Waals surface area contributed by atoms with Crippen molar-refractivity contribution in [3.63, 3.8) is 0 Å². The van der Waals surface area contributed by atoms with E-state index < -0.39 is 6.10 Å². The van der Waals surface area contributed by atoms with Gasteiger partial charge in [-0.1, -0.05) is 18.2 Å². The fraction of sp³-hybridized carbons (Fsp3) is 0.286. The summed E-state index contributed by atoms with van der Waals surface area (Å²) in [6.45, 7) is 3.71. The van der Waals surface area contributed by atoms with E-state index >= 15 is 0 Å². The molecule has 0 saturated heterocycles. The second kappa shape index (κ2) is 9.66. The number of hydrogen-bond acceptors (Lipinski definition) is 4. The van der Waals surface area contributed by atoms with Crippen molar-refractivity contribution in [2.45, 2.75) is 19.6 Å². The van der Waals surface area contributed by atoms with E-state index in [0.29, 0.717) is 6.54 Å². The lowest BCUT2D eigenvalue weighted by molar-refractivity contribution is 0.186. The Morgan fingerprint density at radius 1 is 1.21 bits per heavy atom. The van der Waals surface area contributed by atoms with Crippen LogP contribution in [0.5, 0.6) is 0 Å². The Morgan fingerprint density at radius 2 is 1.96 bits per heavy atom. The number of aliphatic hydroxyl groups is 1. The van der Waals surface area contributed by atoms with E-state index in [1.54, 1.807) is 24.5 Å². The predicted molar refractivity (Wildman–Crippen MR) is 110 cm³/mol. The first kappa shape index (κ1) is 19.6. The van der Waals surface area contributed by atoms with Gasteiger partial charge in [0.25, 0.3) is 0 Å². The summed E-state index contributed by atoms with van der Waals surface area (Å²) in [5.74, 6) is 0.739. The third kappa shape index (κ3) is 5.17. The summed E-state index contributed by atoms with van der Waals surface area (Å²) in [5.41, 5.74) is 2.91. The van der Waals surface area contributed by atoms with Crippen LogP contribution in [-0.2, 0) is 6.54 Å². The van der Waals surface area contributed by atoms with Gasteiger partial charge in [0.2, 0.25) is 0 Å². The molecule has 1 unspecified atom stereocenters. The molecule has 0 radical (unpaired) electrons. The Balaban J connectivity index is 1.66. The topological polar surface area (TPSA) is 78.6 Å². The average molecular weight is 378 g/mol. The van der Waals surface area contributed by atoms with E-state index in [1.807, 2.05) is 66.3 Å². The molecule has 3 aromatic rings. The molecule has 1 atom stereocenters. The van der Waals surface area contributed by atoms with Crippen molar-refractivity contribution < 1.29 is 5.11 Å². The molecule has 28 heavy (non-hydrogen) atoms. The molecule has 0 amide bonds. The van der Waals surface area contributed by atoms with Crippen LogP contribution >= 0.6 is 0 Å². The summed E-state index contributed by atoms with van der Waals surface area (Å²) in [6, 6.07) is 13.6. The minimum absolute atomic E-state index is 0.278. The number of rotatable bonds is 7. The van der Waals surface area contributed by atoms with E-state index in [9.17, 15) is 5.11 Å². The van der Waals surface area contributed by atoms with Crippen LogP contribution in [0.15, 0.2) is 72.2 Å². The highest BCUT2D eigenvalue weighted by Crippen LogP contribution is 2.12. The molecular formula is C21H26N6O. The Kier molecular flexibility index (Phi) is 6.75. The van der Waals surface area contributed by atoms with E-state index in [4.69, 9.17) is 0 Å². The number of pyridine rings is 1. The largest absolute Gasteiger partial charge is 0.386 e. The van der Waals surface area contributed by atoms with Crippen molar-refractivity contribution in [2.75, 3.05) is 20.1 Å². The van der Waals surface area contributed by atoms with Crippen LogP contribution in [0.2, 0.25) is 0 Å². The molecule has 7 nitrogen and oxygen atoms in total. The summed E-state index contributed by atoms with van der Waals surface area (Å²) in [6.07, 6.45) is 6.56. The lowest BCUT2D eigenvalue weighted by atomic mass is 10.1. The van der Waals surface area contributed by atoms with Gasteiger partial charge >= 0.3 is 0 Å². The van der Waals surface area contributed by atoms with Crippen LogP contribution < -0.4 is 5.32 Å². The van der Waals surface area contributed by atoms with Crippen LogP contribution in [0.1, 0.15) is 24.2 Å². The summed E-state index contributed by atoms with van der Waals surface area (Å²) in [4.78, 5) is 10.6. The highest BCUT2D eigenvalue weighted by atomic mass is 16.3. The highest BCUT2D eigenvalue weighted by Gasteiger charge is 2.11. The van der Waals surface area contributed by atoms with Gasteiger partial charge in [0.15, 0.2) is 5.96 Å². The van der Waals surface area contributed by atoms with Gasteiger partial charge in [-0.3, -0.25) is 9.98 Å². The molecule has 0 aliphatic heterocycles. The highest BCUT2D eigenvalue weighted by molar-refractivity contribution is 5.79. The summed E-state index contributed by atoms with van der Waals surface area (Å²) < 4.78 is 1.86. The van der Waals surface area contributed by atoms with Crippen LogP contribution in [-0.4, -0.2) is 50.9 Å². The molecular weight excluding hydrogens is 352 g/mol. The zero-order chi connectivity index (χ0) is 19.8. The zero-order valence-corrected chi connectivity index (χ0v) is 16.2. The minimum atomic E-state index is -0.661. The van der Waals surface area contributed by atoms with E-state index in [2.05, 4.69) is 20.4 Å². The van der Waals surface area contributed by atoms with Crippen LogP contribution in [0.4, 0.5) is 0 Å². The number of hydrogen-bond donors (Lipinski definition) is 2. The average Bonchev–Trinajstić information content (AvgIpc) is 3.20. The van der Waals surface area contributed by atoms with Crippen molar-refractivity contribution in [1.29, 1.82) is 0 Å². The molecule has 3 rings (SSSR count). The van der Waals surface area contributed by atoms with Gasteiger partial charge < -0.3 is 15.3 Å². The van der Waals surface area contributed by atoms with Gasteiger partial charge in [-0.2, -0.15) is 5.10 Å². The SMILES string of the molecule is CCNC(=NCC(O)c1ccncc1)N(C)Cc1cnn(-c2ccccc2)c1. The van der Waals surface area contributed by atoms with E-state index in [-0.39, 0.29) is 6.54 Å². The summed E-state index contributed by atoms with van der Waals surface area (Å²) >= 11 is 0. The molecule has 2 aromatic heterocycles. The predicted octanol–water partition coefficient (Wildman–Crippen LogP) is 2.40. The third-order valence-corrected chi connectivity index (χ3v) is 4.28. The molecule has 0 aliphatic carbocycles. The van der Waals surface area contributed by atoms with Gasteiger partial charge in [0, 0.05) is 44.3 Å². The Bertz CT molecular complexity index is 878. The van der Waals surface area contributed by atoms with Gasteiger partial charge in [0.05, 0.1) is 24.5 Å². The second-order valence-electron chi connectivity index (χ2n) is 6.48. The fourth-order valence-electron chi connectivity index (χ4n) is 2.85. The third-order valence-electron chi connectivity index (χ3n) is 4.28. The second-order valence-corrected chi connectivity index (χ2v) is 6.48. The van der Waals surface area contributed by atoms with Crippen LogP contribution in [0, 0.1) is 0 Å². The standard InChI is InChI=1S/C21H26N6O/c1-3-23-21(24-14-20(28)18-9-11-22-12-10-18)26(2)15-17-13-25-27(16-17)19-7-5-4-6-8-19/h4-13,16,20,28H,3,14-15H2,1-2H3,(H,23,24). The molecule has 1 aromatic carbocycles. The molecule has 0 spiro atoms. The van der Waals surface area contributed by atoms with Gasteiger partial charge in [-0.15, -0.1) is 0 Å². The first-order valence-electron chi connectivity index (χ1n) is 9.33. The van der Waals surface area contributed by atoms with Crippen molar-refractivity contribution in [3.8, 4) is 5.69 Å². The molecule has 0 fully saturated rings. The number of guanidine groups is 1. The minimum Gasteiger partial charge on any atom is -0.386 e. The summed E-state index contributed by atoms with van der Waals surface area (Å²) in [7, 11) is 1.97. The Hall–Kier alpha value is -3.19. The number of aliphatic imine (C=N–C) groups is 1. The van der Waals surface area contributed by atoms with Crippen molar-refractivity contribution in [3.05, 3.63) is 78.4 Å². The lowest BCUT2D eigenvalue weighted by Gasteiger charge is -2.22. The number of para-hydroxylation sites is 1. The first-order valence-corrected chi connectivity index (χ1v) is 9.33. The van der Waals surface area contributed by atoms with Gasteiger partial charge in [0.1, 0.15) is 0 Å². The maximum atomic E-state index is 10.3. The number of aliphatic hydroxyl groups excluding tert-OH is 1. The maximum absolute atomic E-state index is 10.3. The molecule has 2 heterocycles. The number of nitrogens with one attached hydrogen (secondary N) is 1. The number of benzene rings is 1.